The topological polar surface area (TPSA) is 0 Å². The Kier molecular flexibility index (Phi) is 5.78. The van der Waals surface area contributed by atoms with E-state index in [4.69, 9.17) is 34.8 Å². The molecule has 1 aliphatic heterocycles. The van der Waals surface area contributed by atoms with Crippen molar-refractivity contribution in [2.45, 2.75) is 48.4 Å². The molecule has 0 N–H and O–H groups in total. The maximum Gasteiger partial charge on any atom is 0.190 e. The van der Waals surface area contributed by atoms with E-state index in [2.05, 4.69) is 27.7 Å². The summed E-state index contributed by atoms with van der Waals surface area (Å²) in [6, 6.07) is 0. The molecule has 0 spiro atoms. The van der Waals surface area contributed by atoms with Gasteiger partial charge in [-0.15, -0.1) is 23.5 Å². The second kappa shape index (κ2) is 5.91. The Morgan fingerprint density at radius 1 is 1.12 bits per heavy atom. The van der Waals surface area contributed by atoms with Gasteiger partial charge in [0.05, 0.1) is 4.08 Å². The van der Waals surface area contributed by atoms with E-state index < -0.39 is 3.79 Å². The molecule has 1 saturated heterocycles. The van der Waals surface area contributed by atoms with Crippen LogP contribution in [0.1, 0.15) is 40.5 Å². The van der Waals surface area contributed by atoms with Crippen LogP contribution in [0.4, 0.5) is 0 Å². The highest BCUT2D eigenvalue weighted by molar-refractivity contribution is 8.18. The smallest absolute Gasteiger partial charge is 0.144 e. The van der Waals surface area contributed by atoms with Crippen LogP contribution in [0.5, 0.6) is 0 Å². The van der Waals surface area contributed by atoms with Crippen LogP contribution in [0.2, 0.25) is 0 Å². The molecule has 1 heterocycles. The SMILES string of the molecule is CC1(CCC(Cl)(Cl)Cl)SCC(C(C)(C)C)CS1. The van der Waals surface area contributed by atoms with Crippen LogP contribution < -0.4 is 0 Å². The Morgan fingerprint density at radius 2 is 1.59 bits per heavy atom. The van der Waals surface area contributed by atoms with Crippen molar-refractivity contribution in [2.75, 3.05) is 11.5 Å². The molecule has 0 unspecified atom stereocenters. The summed E-state index contributed by atoms with van der Waals surface area (Å²) >= 11 is 21.5. The van der Waals surface area contributed by atoms with Crippen molar-refractivity contribution in [3.63, 3.8) is 0 Å². The fraction of sp³-hybridized carbons (Fsp3) is 1.00. The minimum absolute atomic E-state index is 0.214. The van der Waals surface area contributed by atoms with Gasteiger partial charge in [0.2, 0.25) is 0 Å². The zero-order chi connectivity index (χ0) is 13.3. The summed E-state index contributed by atoms with van der Waals surface area (Å²) in [5.74, 6) is 3.21. The van der Waals surface area contributed by atoms with Crippen molar-refractivity contribution in [3.8, 4) is 0 Å². The van der Waals surface area contributed by atoms with Crippen LogP contribution in [0.3, 0.4) is 0 Å². The summed E-state index contributed by atoms with van der Waals surface area (Å²) in [5.41, 5.74) is 0.399. The van der Waals surface area contributed by atoms with Crippen molar-refractivity contribution < 1.29 is 0 Å². The maximum absolute atomic E-state index is 5.83. The maximum atomic E-state index is 5.83. The van der Waals surface area contributed by atoms with Crippen LogP contribution in [-0.2, 0) is 0 Å². The van der Waals surface area contributed by atoms with Crippen molar-refractivity contribution in [2.24, 2.45) is 11.3 Å². The molecule has 0 saturated carbocycles. The largest absolute Gasteiger partial charge is 0.190 e. The van der Waals surface area contributed by atoms with E-state index >= 15 is 0 Å². The van der Waals surface area contributed by atoms with E-state index in [1.165, 1.54) is 11.5 Å². The summed E-state index contributed by atoms with van der Waals surface area (Å²) in [7, 11) is 0. The summed E-state index contributed by atoms with van der Waals surface area (Å²) < 4.78 is -0.892. The fourth-order valence-electron chi connectivity index (χ4n) is 1.66. The fourth-order valence-corrected chi connectivity index (χ4v) is 5.67. The van der Waals surface area contributed by atoms with Crippen molar-refractivity contribution >= 4 is 58.3 Å². The minimum Gasteiger partial charge on any atom is -0.144 e. The number of hydrogen-bond acceptors (Lipinski definition) is 2. The van der Waals surface area contributed by atoms with E-state index in [9.17, 15) is 0 Å². The predicted octanol–water partition coefficient (Wildman–Crippen LogP) is 6.00. The molecule has 0 aromatic heterocycles. The summed E-state index contributed by atoms with van der Waals surface area (Å²) in [6.45, 7) is 9.24. The average molecular weight is 336 g/mol. The molecule has 0 bridgehead atoms. The second-order valence-electron chi connectivity index (χ2n) is 5.93. The summed E-state index contributed by atoms with van der Waals surface area (Å²) in [5, 5.41) is 0. The third-order valence-corrected chi connectivity index (χ3v) is 7.31. The molecule has 0 amide bonds. The van der Waals surface area contributed by atoms with Gasteiger partial charge in [0.1, 0.15) is 0 Å². The number of thioether (sulfide) groups is 2. The second-order valence-corrected chi connectivity index (χ2v) is 11.8. The Bertz CT molecular complexity index is 247. The molecule has 17 heavy (non-hydrogen) atoms. The van der Waals surface area contributed by atoms with Gasteiger partial charge in [-0.25, -0.2) is 0 Å². The van der Waals surface area contributed by atoms with E-state index in [-0.39, 0.29) is 4.08 Å². The van der Waals surface area contributed by atoms with Crippen LogP contribution in [0.15, 0.2) is 0 Å². The van der Waals surface area contributed by atoms with Gasteiger partial charge in [0, 0.05) is 0 Å². The lowest BCUT2D eigenvalue weighted by Crippen LogP contribution is -2.34. The van der Waals surface area contributed by atoms with Crippen LogP contribution in [0.25, 0.3) is 0 Å². The van der Waals surface area contributed by atoms with Crippen LogP contribution >= 0.6 is 58.3 Å². The standard InChI is InChI=1S/C12H21Cl3S2/c1-10(2,3)9-7-16-11(4,17-8-9)5-6-12(13,14)15/h9H,5-8H2,1-4H3. The first-order chi connectivity index (χ1) is 7.52. The van der Waals surface area contributed by atoms with Gasteiger partial charge in [-0.3, -0.25) is 0 Å². The molecule has 1 fully saturated rings. The number of halogens is 3. The Hall–Kier alpha value is 1.57. The first kappa shape index (κ1) is 16.6. The predicted molar refractivity (Wildman–Crippen MR) is 85.8 cm³/mol. The quantitative estimate of drug-likeness (QED) is 0.568. The highest BCUT2D eigenvalue weighted by atomic mass is 35.6. The van der Waals surface area contributed by atoms with Crippen LogP contribution in [-0.4, -0.2) is 19.4 Å². The molecule has 0 aromatic rings. The van der Waals surface area contributed by atoms with Crippen LogP contribution in [0, 0.1) is 11.3 Å². The van der Waals surface area contributed by atoms with Crippen molar-refractivity contribution in [1.82, 2.24) is 0 Å². The Balaban J connectivity index is 2.44. The lowest BCUT2D eigenvalue weighted by molar-refractivity contribution is 0.291. The highest BCUT2D eigenvalue weighted by Crippen LogP contribution is 2.51. The van der Waals surface area contributed by atoms with Gasteiger partial charge in [-0.05, 0) is 42.6 Å². The zero-order valence-corrected chi connectivity index (χ0v) is 14.8. The lowest BCUT2D eigenvalue weighted by atomic mass is 9.83. The van der Waals surface area contributed by atoms with E-state index in [0.29, 0.717) is 11.8 Å². The van der Waals surface area contributed by atoms with E-state index in [1.807, 2.05) is 23.5 Å². The Labute approximate surface area is 129 Å². The van der Waals surface area contributed by atoms with Crippen molar-refractivity contribution in [3.05, 3.63) is 0 Å². The molecule has 5 heteroatoms. The number of alkyl halides is 3. The first-order valence-electron chi connectivity index (χ1n) is 5.86. The normalized spacial score (nSPS) is 31.6. The molecule has 0 aliphatic carbocycles. The molecular formula is C12H21Cl3S2. The molecule has 0 radical (unpaired) electrons. The molecular weight excluding hydrogens is 315 g/mol. The van der Waals surface area contributed by atoms with Gasteiger partial charge in [0.25, 0.3) is 0 Å². The van der Waals surface area contributed by atoms with E-state index in [1.54, 1.807) is 0 Å². The molecule has 0 aromatic carbocycles. The van der Waals surface area contributed by atoms with Crippen molar-refractivity contribution in [1.29, 1.82) is 0 Å². The third-order valence-electron chi connectivity index (χ3n) is 3.27. The van der Waals surface area contributed by atoms with Gasteiger partial charge in [0.15, 0.2) is 3.79 Å². The summed E-state index contributed by atoms with van der Waals surface area (Å²) in [4.78, 5) is 0. The number of hydrogen-bond donors (Lipinski definition) is 0. The molecule has 0 atom stereocenters. The minimum atomic E-state index is -1.11. The van der Waals surface area contributed by atoms with Gasteiger partial charge >= 0.3 is 0 Å². The van der Waals surface area contributed by atoms with Gasteiger partial charge in [-0.1, -0.05) is 55.6 Å². The average Bonchev–Trinajstić information content (AvgIpc) is 2.13. The molecule has 0 nitrogen and oxygen atoms in total. The first-order valence-corrected chi connectivity index (χ1v) is 8.97. The van der Waals surface area contributed by atoms with Gasteiger partial charge in [-0.2, -0.15) is 0 Å². The summed E-state index contributed by atoms with van der Waals surface area (Å²) in [6.07, 6.45) is 1.59. The van der Waals surface area contributed by atoms with Gasteiger partial charge < -0.3 is 0 Å². The lowest BCUT2D eigenvalue weighted by Gasteiger charge is -2.41. The number of rotatable bonds is 2. The molecule has 102 valence electrons. The highest BCUT2D eigenvalue weighted by Gasteiger charge is 2.38. The Morgan fingerprint density at radius 3 is 1.94 bits per heavy atom. The monoisotopic (exact) mass is 334 g/mol. The molecule has 1 rings (SSSR count). The molecule has 1 aliphatic rings. The third kappa shape index (κ3) is 6.03. The zero-order valence-electron chi connectivity index (χ0n) is 10.9. The van der Waals surface area contributed by atoms with E-state index in [0.717, 1.165) is 12.3 Å².